The summed E-state index contributed by atoms with van der Waals surface area (Å²) in [4.78, 5) is 23.9. The molecule has 0 heterocycles. The summed E-state index contributed by atoms with van der Waals surface area (Å²) in [5.41, 5.74) is 0.200. The maximum Gasteiger partial charge on any atom is 0.222 e. The van der Waals surface area contributed by atoms with E-state index in [4.69, 9.17) is 0 Å². The molecule has 0 bridgehead atoms. The van der Waals surface area contributed by atoms with Gasteiger partial charge in [0.1, 0.15) is 0 Å². The molecule has 1 saturated carbocycles. The van der Waals surface area contributed by atoms with Crippen molar-refractivity contribution in [3.05, 3.63) is 0 Å². The third kappa shape index (κ3) is 5.62. The van der Waals surface area contributed by atoms with Crippen LogP contribution in [0.3, 0.4) is 0 Å². The van der Waals surface area contributed by atoms with Gasteiger partial charge in [-0.05, 0) is 30.1 Å². The minimum Gasteiger partial charge on any atom is -0.355 e. The molecule has 22 heavy (non-hydrogen) atoms. The van der Waals surface area contributed by atoms with E-state index in [2.05, 4.69) is 31.4 Å². The first-order valence-electron chi connectivity index (χ1n) is 8.52. The van der Waals surface area contributed by atoms with Crippen LogP contribution < -0.4 is 10.6 Å². The molecule has 0 aromatic heterocycles. The first kappa shape index (κ1) is 19.0. The molecule has 1 fully saturated rings. The van der Waals surface area contributed by atoms with Crippen LogP contribution in [-0.2, 0) is 9.59 Å². The molecule has 0 radical (unpaired) electrons. The Balaban J connectivity index is 2.73. The van der Waals surface area contributed by atoms with Gasteiger partial charge in [0, 0.05) is 24.4 Å². The zero-order valence-electron chi connectivity index (χ0n) is 15.4. The summed E-state index contributed by atoms with van der Waals surface area (Å²) in [7, 11) is 0. The summed E-state index contributed by atoms with van der Waals surface area (Å²) in [5.74, 6) is 0.247. The van der Waals surface area contributed by atoms with Gasteiger partial charge in [0.2, 0.25) is 11.8 Å². The zero-order valence-corrected chi connectivity index (χ0v) is 15.4. The molecule has 128 valence electrons. The largest absolute Gasteiger partial charge is 0.355 e. The second-order valence-electron chi connectivity index (χ2n) is 8.79. The fraction of sp³-hybridized carbons (Fsp3) is 0.889. The number of amides is 2. The third-order valence-electron chi connectivity index (χ3n) is 4.53. The third-order valence-corrected chi connectivity index (χ3v) is 4.53. The Morgan fingerprint density at radius 1 is 1.00 bits per heavy atom. The highest BCUT2D eigenvalue weighted by molar-refractivity contribution is 5.78. The van der Waals surface area contributed by atoms with E-state index in [1.54, 1.807) is 0 Å². The zero-order chi connectivity index (χ0) is 17.1. The molecule has 2 amide bonds. The standard InChI is InChI=1S/C18H34N2O2/c1-12(2)15(21)19-11-18(7)9-14(8-17(5,6)10-18)20-16(22)13(3)4/h12-14H,8-11H2,1-7H3,(H,19,21)(H,20,22)/t14-,18-/m0/s1. The second-order valence-corrected chi connectivity index (χ2v) is 8.79. The molecular weight excluding hydrogens is 276 g/mol. The summed E-state index contributed by atoms with van der Waals surface area (Å²) in [6.45, 7) is 15.1. The van der Waals surface area contributed by atoms with E-state index in [1.165, 1.54) is 0 Å². The molecule has 1 aliphatic rings. The number of carbonyl (C=O) groups excluding carboxylic acids is 2. The van der Waals surface area contributed by atoms with Gasteiger partial charge in [-0.25, -0.2) is 0 Å². The summed E-state index contributed by atoms with van der Waals surface area (Å²) in [6, 6.07) is 0.194. The van der Waals surface area contributed by atoms with E-state index >= 15 is 0 Å². The molecule has 0 spiro atoms. The lowest BCUT2D eigenvalue weighted by Gasteiger charge is -2.47. The molecule has 0 aromatic carbocycles. The minimum atomic E-state index is 0.0108. The van der Waals surface area contributed by atoms with Crippen molar-refractivity contribution in [2.75, 3.05) is 6.54 Å². The topological polar surface area (TPSA) is 58.2 Å². The van der Waals surface area contributed by atoms with E-state index in [1.807, 2.05) is 27.7 Å². The van der Waals surface area contributed by atoms with Gasteiger partial charge in [-0.3, -0.25) is 9.59 Å². The fourth-order valence-electron chi connectivity index (χ4n) is 3.74. The average molecular weight is 310 g/mol. The van der Waals surface area contributed by atoms with Gasteiger partial charge in [0.25, 0.3) is 0 Å². The number of rotatable bonds is 5. The van der Waals surface area contributed by atoms with E-state index in [0.717, 1.165) is 19.3 Å². The van der Waals surface area contributed by atoms with E-state index in [-0.39, 0.29) is 40.5 Å². The van der Waals surface area contributed by atoms with E-state index < -0.39 is 0 Å². The molecular formula is C18H34N2O2. The van der Waals surface area contributed by atoms with Crippen LogP contribution in [0.5, 0.6) is 0 Å². The highest BCUT2D eigenvalue weighted by atomic mass is 16.2. The smallest absolute Gasteiger partial charge is 0.222 e. The predicted molar refractivity (Wildman–Crippen MR) is 90.4 cm³/mol. The van der Waals surface area contributed by atoms with Gasteiger partial charge in [-0.15, -0.1) is 0 Å². The lowest BCUT2D eigenvalue weighted by atomic mass is 9.62. The van der Waals surface area contributed by atoms with Crippen molar-refractivity contribution in [2.24, 2.45) is 22.7 Å². The Hall–Kier alpha value is -1.06. The fourth-order valence-corrected chi connectivity index (χ4v) is 3.74. The maximum atomic E-state index is 12.0. The molecule has 1 rings (SSSR count). The van der Waals surface area contributed by atoms with Crippen molar-refractivity contribution >= 4 is 11.8 Å². The minimum absolute atomic E-state index is 0.0108. The number of nitrogens with one attached hydrogen (secondary N) is 2. The highest BCUT2D eigenvalue weighted by Gasteiger charge is 2.41. The lowest BCUT2D eigenvalue weighted by molar-refractivity contribution is -0.127. The lowest BCUT2D eigenvalue weighted by Crippen LogP contribution is -2.51. The molecule has 4 nitrogen and oxygen atoms in total. The van der Waals surface area contributed by atoms with Crippen LogP contribution in [0.2, 0.25) is 0 Å². The highest BCUT2D eigenvalue weighted by Crippen LogP contribution is 2.45. The van der Waals surface area contributed by atoms with Crippen molar-refractivity contribution in [3.63, 3.8) is 0 Å². The first-order chi connectivity index (χ1) is 9.94. The molecule has 0 unspecified atom stereocenters. The Labute approximate surface area is 135 Å². The number of carbonyl (C=O) groups is 2. The summed E-state index contributed by atoms with van der Waals surface area (Å²) in [5, 5.41) is 6.26. The summed E-state index contributed by atoms with van der Waals surface area (Å²) < 4.78 is 0. The van der Waals surface area contributed by atoms with Gasteiger partial charge in [-0.1, -0.05) is 48.5 Å². The summed E-state index contributed by atoms with van der Waals surface area (Å²) in [6.07, 6.45) is 2.98. The van der Waals surface area contributed by atoms with Crippen LogP contribution in [0.25, 0.3) is 0 Å². The Morgan fingerprint density at radius 3 is 2.05 bits per heavy atom. The molecule has 2 N–H and O–H groups in total. The molecule has 2 atom stereocenters. The van der Waals surface area contributed by atoms with Crippen LogP contribution in [0.15, 0.2) is 0 Å². The maximum absolute atomic E-state index is 12.0. The Kier molecular flexibility index (Phi) is 6.05. The number of hydrogen-bond donors (Lipinski definition) is 2. The van der Waals surface area contributed by atoms with E-state index in [9.17, 15) is 9.59 Å². The van der Waals surface area contributed by atoms with Crippen LogP contribution in [0, 0.1) is 22.7 Å². The molecule has 1 aliphatic carbocycles. The van der Waals surface area contributed by atoms with Crippen LogP contribution in [0.4, 0.5) is 0 Å². The first-order valence-corrected chi connectivity index (χ1v) is 8.52. The predicted octanol–water partition coefficient (Wildman–Crippen LogP) is 3.12. The van der Waals surface area contributed by atoms with Gasteiger partial charge in [-0.2, -0.15) is 0 Å². The van der Waals surface area contributed by atoms with Crippen molar-refractivity contribution < 1.29 is 9.59 Å². The normalized spacial score (nSPS) is 27.8. The average Bonchev–Trinajstić information content (AvgIpc) is 2.33. The molecule has 0 aliphatic heterocycles. The van der Waals surface area contributed by atoms with Crippen molar-refractivity contribution in [2.45, 2.75) is 73.8 Å². The molecule has 4 heteroatoms. The van der Waals surface area contributed by atoms with Gasteiger partial charge < -0.3 is 10.6 Å². The van der Waals surface area contributed by atoms with Crippen molar-refractivity contribution in [1.29, 1.82) is 0 Å². The Bertz CT molecular complexity index is 415. The van der Waals surface area contributed by atoms with Gasteiger partial charge in [0.15, 0.2) is 0 Å². The quantitative estimate of drug-likeness (QED) is 0.819. The second kappa shape index (κ2) is 7.01. The van der Waals surface area contributed by atoms with Crippen molar-refractivity contribution in [3.8, 4) is 0 Å². The summed E-state index contributed by atoms with van der Waals surface area (Å²) >= 11 is 0. The number of hydrogen-bond acceptors (Lipinski definition) is 2. The Morgan fingerprint density at radius 2 is 1.55 bits per heavy atom. The van der Waals surface area contributed by atoms with Crippen LogP contribution in [-0.4, -0.2) is 24.4 Å². The monoisotopic (exact) mass is 310 g/mol. The molecule has 0 aromatic rings. The van der Waals surface area contributed by atoms with Crippen molar-refractivity contribution in [1.82, 2.24) is 10.6 Å². The van der Waals surface area contributed by atoms with Gasteiger partial charge >= 0.3 is 0 Å². The van der Waals surface area contributed by atoms with Crippen LogP contribution in [0.1, 0.15) is 67.7 Å². The van der Waals surface area contributed by atoms with E-state index in [0.29, 0.717) is 6.54 Å². The molecule has 0 saturated heterocycles. The van der Waals surface area contributed by atoms with Gasteiger partial charge in [0.05, 0.1) is 0 Å². The van der Waals surface area contributed by atoms with Crippen LogP contribution >= 0.6 is 0 Å². The SMILES string of the molecule is CC(C)C(=O)NC[C@@]1(C)C[C@@H](NC(=O)C(C)C)CC(C)(C)C1.